The number of para-hydroxylation sites is 3. The van der Waals surface area contributed by atoms with Gasteiger partial charge in [0, 0.05) is 12.1 Å². The fraction of sp³-hybridized carbons (Fsp3) is 0.355. The second-order valence-corrected chi connectivity index (χ2v) is 9.62. The van der Waals surface area contributed by atoms with Crippen LogP contribution in [0.2, 0.25) is 0 Å². The minimum Gasteiger partial charge on any atom is -0.493 e. The number of ether oxygens (including phenoxy) is 3. The van der Waals surface area contributed by atoms with Gasteiger partial charge in [0.1, 0.15) is 11.6 Å². The lowest BCUT2D eigenvalue weighted by Gasteiger charge is -2.17. The van der Waals surface area contributed by atoms with Gasteiger partial charge in [-0.2, -0.15) is 0 Å². The number of carbonyl (C=O) groups is 1. The monoisotopic (exact) mass is 515 g/mol. The maximum atomic E-state index is 13.1. The Balaban J connectivity index is 1.44. The summed E-state index contributed by atoms with van der Waals surface area (Å²) in [5, 5.41) is 3.10. The van der Waals surface area contributed by atoms with E-state index in [4.69, 9.17) is 19.2 Å². The summed E-state index contributed by atoms with van der Waals surface area (Å²) >= 11 is 0. The number of methoxy groups -OCH3 is 2. The molecule has 7 heteroatoms. The van der Waals surface area contributed by atoms with E-state index >= 15 is 0 Å². The molecular formula is C31H37N3O4. The van der Waals surface area contributed by atoms with Gasteiger partial charge in [-0.15, -0.1) is 0 Å². The van der Waals surface area contributed by atoms with Crippen LogP contribution in [-0.4, -0.2) is 36.3 Å². The third kappa shape index (κ3) is 6.10. The summed E-state index contributed by atoms with van der Waals surface area (Å²) in [6.07, 6.45) is 1.83. The second-order valence-electron chi connectivity index (χ2n) is 9.62. The lowest BCUT2D eigenvalue weighted by Crippen LogP contribution is -2.28. The molecule has 7 nitrogen and oxygen atoms in total. The molecule has 3 aromatic carbocycles. The Labute approximate surface area is 224 Å². The van der Waals surface area contributed by atoms with Crippen LogP contribution in [0.15, 0.2) is 66.7 Å². The van der Waals surface area contributed by atoms with Gasteiger partial charge in [-0.1, -0.05) is 44.2 Å². The van der Waals surface area contributed by atoms with Crippen molar-refractivity contribution in [3.8, 4) is 17.2 Å². The highest BCUT2D eigenvalue weighted by Gasteiger charge is 2.20. The molecule has 200 valence electrons. The van der Waals surface area contributed by atoms with E-state index in [1.54, 1.807) is 32.4 Å². The van der Waals surface area contributed by atoms with Gasteiger partial charge < -0.3 is 24.1 Å². The molecule has 1 atom stereocenters. The molecule has 1 amide bonds. The van der Waals surface area contributed by atoms with Crippen molar-refractivity contribution < 1.29 is 19.0 Å². The highest BCUT2D eigenvalue weighted by Crippen LogP contribution is 2.29. The fourth-order valence-electron chi connectivity index (χ4n) is 4.62. The Morgan fingerprint density at radius 2 is 1.63 bits per heavy atom. The Hall–Kier alpha value is -4.00. The third-order valence-corrected chi connectivity index (χ3v) is 6.64. The molecule has 0 saturated heterocycles. The van der Waals surface area contributed by atoms with Gasteiger partial charge in [-0.3, -0.25) is 4.79 Å². The SMILES string of the molecule is COc1ccc(C(=O)NC(C)c2nc3ccccc3n2CCCCOc2ccccc2C(C)C)cc1OC. The minimum absolute atomic E-state index is 0.200. The van der Waals surface area contributed by atoms with Crippen molar-refractivity contribution in [2.24, 2.45) is 0 Å². The molecule has 1 unspecified atom stereocenters. The van der Waals surface area contributed by atoms with Crippen molar-refractivity contribution in [1.29, 1.82) is 0 Å². The number of hydrogen-bond acceptors (Lipinski definition) is 5. The van der Waals surface area contributed by atoms with Gasteiger partial charge in [0.15, 0.2) is 11.5 Å². The molecular weight excluding hydrogens is 478 g/mol. The number of aromatic nitrogens is 2. The molecule has 1 heterocycles. The summed E-state index contributed by atoms with van der Waals surface area (Å²) < 4.78 is 19.0. The summed E-state index contributed by atoms with van der Waals surface area (Å²) in [6, 6.07) is 21.2. The predicted octanol–water partition coefficient (Wildman–Crippen LogP) is 6.53. The zero-order valence-corrected chi connectivity index (χ0v) is 22.9. The highest BCUT2D eigenvalue weighted by atomic mass is 16.5. The van der Waals surface area contributed by atoms with Gasteiger partial charge >= 0.3 is 0 Å². The van der Waals surface area contributed by atoms with Crippen molar-refractivity contribution in [2.75, 3.05) is 20.8 Å². The number of amides is 1. The van der Waals surface area contributed by atoms with Crippen molar-refractivity contribution in [3.05, 3.63) is 83.7 Å². The quantitative estimate of drug-likeness (QED) is 0.217. The maximum Gasteiger partial charge on any atom is 0.251 e. The van der Waals surface area contributed by atoms with Crippen molar-refractivity contribution >= 4 is 16.9 Å². The van der Waals surface area contributed by atoms with Crippen LogP contribution < -0.4 is 19.5 Å². The number of imidazole rings is 1. The van der Waals surface area contributed by atoms with Gasteiger partial charge in [0.25, 0.3) is 5.91 Å². The van der Waals surface area contributed by atoms with Gasteiger partial charge in [0.2, 0.25) is 0 Å². The van der Waals surface area contributed by atoms with Crippen molar-refractivity contribution in [3.63, 3.8) is 0 Å². The first-order valence-corrected chi connectivity index (χ1v) is 13.1. The number of aryl methyl sites for hydroxylation is 1. The molecule has 4 aromatic rings. The first-order chi connectivity index (χ1) is 18.4. The van der Waals surface area contributed by atoms with Crippen LogP contribution in [0.5, 0.6) is 17.2 Å². The molecule has 38 heavy (non-hydrogen) atoms. The first kappa shape index (κ1) is 27.0. The van der Waals surface area contributed by atoms with E-state index in [0.717, 1.165) is 42.0 Å². The summed E-state index contributed by atoms with van der Waals surface area (Å²) in [4.78, 5) is 17.9. The number of rotatable bonds is 12. The Kier molecular flexibility index (Phi) is 8.89. The predicted molar refractivity (Wildman–Crippen MR) is 150 cm³/mol. The van der Waals surface area contributed by atoms with Crippen LogP contribution in [0.25, 0.3) is 11.0 Å². The second kappa shape index (κ2) is 12.5. The Morgan fingerprint density at radius 3 is 2.39 bits per heavy atom. The van der Waals surface area contributed by atoms with E-state index in [1.807, 2.05) is 37.3 Å². The molecule has 0 bridgehead atoms. The molecule has 0 aliphatic carbocycles. The minimum atomic E-state index is -0.294. The van der Waals surface area contributed by atoms with E-state index in [1.165, 1.54) is 5.56 Å². The topological polar surface area (TPSA) is 74.6 Å². The molecule has 0 aliphatic heterocycles. The Morgan fingerprint density at radius 1 is 0.895 bits per heavy atom. The largest absolute Gasteiger partial charge is 0.493 e. The van der Waals surface area contributed by atoms with Crippen LogP contribution in [0.4, 0.5) is 0 Å². The van der Waals surface area contributed by atoms with Crippen LogP contribution in [0.3, 0.4) is 0 Å². The number of carbonyl (C=O) groups excluding carboxylic acids is 1. The van der Waals surface area contributed by atoms with Crippen LogP contribution in [0.1, 0.15) is 67.3 Å². The number of fused-ring (bicyclic) bond motifs is 1. The smallest absolute Gasteiger partial charge is 0.251 e. The van der Waals surface area contributed by atoms with E-state index < -0.39 is 0 Å². The molecule has 0 radical (unpaired) electrons. The molecule has 1 aromatic heterocycles. The lowest BCUT2D eigenvalue weighted by molar-refractivity contribution is 0.0937. The molecule has 1 N–H and O–H groups in total. The van der Waals surface area contributed by atoms with E-state index in [9.17, 15) is 4.79 Å². The zero-order valence-electron chi connectivity index (χ0n) is 22.9. The molecule has 0 spiro atoms. The normalized spacial score (nSPS) is 11.9. The lowest BCUT2D eigenvalue weighted by atomic mass is 10.0. The molecule has 4 rings (SSSR count). The van der Waals surface area contributed by atoms with Gasteiger partial charge in [-0.05, 0) is 67.6 Å². The number of benzene rings is 3. The van der Waals surface area contributed by atoms with Crippen LogP contribution in [-0.2, 0) is 6.54 Å². The number of hydrogen-bond donors (Lipinski definition) is 1. The number of nitrogens with one attached hydrogen (secondary N) is 1. The zero-order chi connectivity index (χ0) is 27.1. The summed E-state index contributed by atoms with van der Waals surface area (Å²) in [7, 11) is 3.12. The molecule has 0 saturated carbocycles. The van der Waals surface area contributed by atoms with Crippen molar-refractivity contribution in [2.45, 2.75) is 52.1 Å². The standard InChI is InChI=1S/C31H37N3O4/c1-21(2)24-12-6-9-15-27(24)38-19-11-10-18-34-26-14-8-7-13-25(26)33-30(34)22(3)32-31(35)23-16-17-28(36-4)29(20-23)37-5/h6-9,12-17,20-22H,10-11,18-19H2,1-5H3,(H,32,35). The summed E-state index contributed by atoms with van der Waals surface area (Å²) in [6.45, 7) is 7.75. The van der Waals surface area contributed by atoms with Gasteiger partial charge in [0.05, 0.1) is 37.9 Å². The maximum absolute atomic E-state index is 13.1. The van der Waals surface area contributed by atoms with E-state index in [0.29, 0.717) is 29.6 Å². The third-order valence-electron chi connectivity index (χ3n) is 6.64. The average Bonchev–Trinajstić information content (AvgIpc) is 3.31. The van der Waals surface area contributed by atoms with Crippen LogP contribution >= 0.6 is 0 Å². The summed E-state index contributed by atoms with van der Waals surface area (Å²) in [5.41, 5.74) is 3.70. The van der Waals surface area contributed by atoms with E-state index in [-0.39, 0.29) is 11.9 Å². The van der Waals surface area contributed by atoms with E-state index in [2.05, 4.69) is 41.9 Å². The molecule has 0 fully saturated rings. The molecule has 0 aliphatic rings. The number of nitrogens with zero attached hydrogens (tertiary/aromatic N) is 2. The van der Waals surface area contributed by atoms with Crippen molar-refractivity contribution in [1.82, 2.24) is 14.9 Å². The average molecular weight is 516 g/mol. The summed E-state index contributed by atoms with van der Waals surface area (Å²) in [5.74, 6) is 3.10. The fourth-order valence-corrected chi connectivity index (χ4v) is 4.62. The Bertz CT molecular complexity index is 1380. The first-order valence-electron chi connectivity index (χ1n) is 13.1. The highest BCUT2D eigenvalue weighted by molar-refractivity contribution is 5.95. The number of unbranched alkanes of at least 4 members (excludes halogenated alkanes) is 1. The van der Waals surface area contributed by atoms with Crippen LogP contribution in [0, 0.1) is 0 Å². The van der Waals surface area contributed by atoms with Gasteiger partial charge in [-0.25, -0.2) is 4.98 Å².